The van der Waals surface area contributed by atoms with Gasteiger partial charge in [-0.3, -0.25) is 14.1 Å². The number of hydrogen-bond acceptors (Lipinski definition) is 5. The van der Waals surface area contributed by atoms with E-state index in [1.54, 1.807) is 21.8 Å². The SMILES string of the molecule is CNCCC1CCN(Cc2cc(=O)n3c(C)csc3n2)CC1. The first kappa shape index (κ1) is 15.6. The normalized spacial score (nSPS) is 17.4. The molecule has 1 fully saturated rings. The Morgan fingerprint density at radius 3 is 2.91 bits per heavy atom. The standard InChI is InChI=1S/C16H24N4OS/c1-12-11-22-16-18-14(9-15(21)20(12)16)10-19-7-4-13(5-8-19)3-6-17-2/h9,11,13,17H,3-8,10H2,1-2H3. The van der Waals surface area contributed by atoms with Crippen LogP contribution in [0.5, 0.6) is 0 Å². The third-order valence-electron chi connectivity index (χ3n) is 4.52. The van der Waals surface area contributed by atoms with Crippen molar-refractivity contribution in [2.24, 2.45) is 5.92 Å². The molecule has 0 aromatic carbocycles. The minimum atomic E-state index is 0.0441. The van der Waals surface area contributed by atoms with Crippen molar-refractivity contribution in [2.45, 2.75) is 32.7 Å². The Balaban J connectivity index is 1.64. The second-order valence-electron chi connectivity index (χ2n) is 6.19. The topological polar surface area (TPSA) is 49.6 Å². The van der Waals surface area contributed by atoms with Crippen LogP contribution in [0.2, 0.25) is 0 Å². The minimum Gasteiger partial charge on any atom is -0.320 e. The van der Waals surface area contributed by atoms with Crippen molar-refractivity contribution in [3.8, 4) is 0 Å². The zero-order chi connectivity index (χ0) is 15.5. The van der Waals surface area contributed by atoms with Gasteiger partial charge in [-0.2, -0.15) is 0 Å². The zero-order valence-electron chi connectivity index (χ0n) is 13.3. The molecule has 0 unspecified atom stereocenters. The smallest absolute Gasteiger partial charge is 0.259 e. The van der Waals surface area contributed by atoms with Crippen LogP contribution in [-0.4, -0.2) is 41.0 Å². The van der Waals surface area contributed by atoms with E-state index in [1.165, 1.54) is 19.3 Å². The summed E-state index contributed by atoms with van der Waals surface area (Å²) in [6.07, 6.45) is 3.77. The van der Waals surface area contributed by atoms with Gasteiger partial charge in [-0.1, -0.05) is 0 Å². The molecule has 1 N–H and O–H groups in total. The fourth-order valence-electron chi connectivity index (χ4n) is 3.19. The Kier molecular flexibility index (Phi) is 4.90. The number of piperidine rings is 1. The van der Waals surface area contributed by atoms with Gasteiger partial charge in [0, 0.05) is 23.7 Å². The average molecular weight is 320 g/mol. The Morgan fingerprint density at radius 2 is 2.18 bits per heavy atom. The van der Waals surface area contributed by atoms with Gasteiger partial charge in [-0.15, -0.1) is 11.3 Å². The molecule has 0 atom stereocenters. The molecule has 1 aliphatic heterocycles. The van der Waals surface area contributed by atoms with Gasteiger partial charge in [-0.05, 0) is 58.8 Å². The van der Waals surface area contributed by atoms with Crippen LogP contribution < -0.4 is 10.9 Å². The summed E-state index contributed by atoms with van der Waals surface area (Å²) in [6, 6.07) is 1.69. The quantitative estimate of drug-likeness (QED) is 0.914. The fourth-order valence-corrected chi connectivity index (χ4v) is 4.08. The summed E-state index contributed by atoms with van der Waals surface area (Å²) in [7, 11) is 2.02. The maximum absolute atomic E-state index is 12.2. The highest BCUT2D eigenvalue weighted by atomic mass is 32.1. The number of nitrogens with zero attached hydrogens (tertiary/aromatic N) is 3. The maximum atomic E-state index is 12.2. The molecule has 5 nitrogen and oxygen atoms in total. The van der Waals surface area contributed by atoms with E-state index >= 15 is 0 Å². The molecule has 2 aromatic heterocycles. The van der Waals surface area contributed by atoms with Crippen molar-refractivity contribution in [1.82, 2.24) is 19.6 Å². The van der Waals surface area contributed by atoms with Crippen molar-refractivity contribution in [1.29, 1.82) is 0 Å². The Bertz CT molecular complexity index is 685. The van der Waals surface area contributed by atoms with Crippen LogP contribution in [0.3, 0.4) is 0 Å². The predicted octanol–water partition coefficient (Wildman–Crippen LogP) is 1.89. The first-order chi connectivity index (χ1) is 10.7. The Morgan fingerprint density at radius 1 is 1.41 bits per heavy atom. The van der Waals surface area contributed by atoms with Crippen LogP contribution in [0.15, 0.2) is 16.2 Å². The number of rotatable bonds is 5. The second kappa shape index (κ2) is 6.89. The largest absolute Gasteiger partial charge is 0.320 e. The van der Waals surface area contributed by atoms with Crippen LogP contribution in [0.25, 0.3) is 4.96 Å². The molecule has 6 heteroatoms. The van der Waals surface area contributed by atoms with E-state index in [-0.39, 0.29) is 5.56 Å². The van der Waals surface area contributed by atoms with Crippen LogP contribution in [0.4, 0.5) is 0 Å². The van der Waals surface area contributed by atoms with Crippen LogP contribution in [0, 0.1) is 12.8 Å². The van der Waals surface area contributed by atoms with Gasteiger partial charge in [0.2, 0.25) is 0 Å². The lowest BCUT2D eigenvalue weighted by molar-refractivity contribution is 0.171. The lowest BCUT2D eigenvalue weighted by Gasteiger charge is -2.31. The van der Waals surface area contributed by atoms with Crippen molar-refractivity contribution >= 4 is 16.3 Å². The third-order valence-corrected chi connectivity index (χ3v) is 5.47. The van der Waals surface area contributed by atoms with Crippen molar-refractivity contribution in [3.63, 3.8) is 0 Å². The Hall–Kier alpha value is -1.24. The minimum absolute atomic E-state index is 0.0441. The molecule has 2 aromatic rings. The average Bonchev–Trinajstić information content (AvgIpc) is 2.88. The number of fused-ring (bicyclic) bond motifs is 1. The van der Waals surface area contributed by atoms with E-state index < -0.39 is 0 Å². The fraction of sp³-hybridized carbons (Fsp3) is 0.625. The van der Waals surface area contributed by atoms with E-state index in [0.717, 1.165) is 48.4 Å². The number of aromatic nitrogens is 2. The van der Waals surface area contributed by atoms with Gasteiger partial charge in [0.1, 0.15) is 0 Å². The molecular formula is C16H24N4OS. The van der Waals surface area contributed by atoms with Gasteiger partial charge < -0.3 is 5.32 Å². The van der Waals surface area contributed by atoms with Crippen molar-refractivity contribution in [2.75, 3.05) is 26.7 Å². The number of aryl methyl sites for hydroxylation is 1. The van der Waals surface area contributed by atoms with Gasteiger partial charge in [0.15, 0.2) is 4.96 Å². The lowest BCUT2D eigenvalue weighted by Crippen LogP contribution is -2.34. The zero-order valence-corrected chi connectivity index (χ0v) is 14.2. The summed E-state index contributed by atoms with van der Waals surface area (Å²) >= 11 is 1.54. The molecule has 0 saturated carbocycles. The van der Waals surface area contributed by atoms with E-state index in [1.807, 2.05) is 19.4 Å². The predicted molar refractivity (Wildman–Crippen MR) is 90.6 cm³/mol. The molecule has 3 rings (SSSR count). The molecule has 0 amide bonds. The second-order valence-corrected chi connectivity index (χ2v) is 7.03. The number of likely N-dealkylation sites (tertiary alicyclic amines) is 1. The summed E-state index contributed by atoms with van der Waals surface area (Å²) in [4.78, 5) is 20.1. The molecule has 0 radical (unpaired) electrons. The van der Waals surface area contributed by atoms with E-state index in [9.17, 15) is 4.79 Å². The molecular weight excluding hydrogens is 296 g/mol. The first-order valence-electron chi connectivity index (χ1n) is 8.01. The van der Waals surface area contributed by atoms with Crippen molar-refractivity contribution in [3.05, 3.63) is 33.2 Å². The van der Waals surface area contributed by atoms with Gasteiger partial charge in [0.05, 0.1) is 5.69 Å². The van der Waals surface area contributed by atoms with Crippen LogP contribution in [0.1, 0.15) is 30.7 Å². The molecule has 22 heavy (non-hydrogen) atoms. The van der Waals surface area contributed by atoms with Gasteiger partial charge in [0.25, 0.3) is 5.56 Å². The van der Waals surface area contributed by atoms with E-state index in [2.05, 4.69) is 15.2 Å². The molecule has 0 spiro atoms. The van der Waals surface area contributed by atoms with E-state index in [4.69, 9.17) is 0 Å². The summed E-state index contributed by atoms with van der Waals surface area (Å²) in [5, 5.41) is 5.22. The first-order valence-corrected chi connectivity index (χ1v) is 8.89. The summed E-state index contributed by atoms with van der Waals surface area (Å²) < 4.78 is 1.69. The molecule has 0 bridgehead atoms. The Labute approximate surface area is 135 Å². The van der Waals surface area contributed by atoms with E-state index in [0.29, 0.717) is 0 Å². The summed E-state index contributed by atoms with van der Waals surface area (Å²) in [5.41, 5.74) is 1.91. The summed E-state index contributed by atoms with van der Waals surface area (Å²) in [5.74, 6) is 0.838. The number of nitrogens with one attached hydrogen (secondary N) is 1. The lowest BCUT2D eigenvalue weighted by atomic mass is 9.93. The number of thiazole rings is 1. The maximum Gasteiger partial charge on any atom is 0.259 e. The third kappa shape index (κ3) is 3.39. The van der Waals surface area contributed by atoms with Crippen LogP contribution >= 0.6 is 11.3 Å². The van der Waals surface area contributed by atoms with Crippen LogP contribution in [-0.2, 0) is 6.54 Å². The highest BCUT2D eigenvalue weighted by molar-refractivity contribution is 7.15. The molecule has 0 aliphatic carbocycles. The molecule has 1 aliphatic rings. The van der Waals surface area contributed by atoms with Gasteiger partial charge in [-0.25, -0.2) is 4.98 Å². The van der Waals surface area contributed by atoms with Gasteiger partial charge >= 0.3 is 0 Å². The monoisotopic (exact) mass is 320 g/mol. The summed E-state index contributed by atoms with van der Waals surface area (Å²) in [6.45, 7) is 6.07. The van der Waals surface area contributed by atoms with Crippen molar-refractivity contribution < 1.29 is 0 Å². The molecule has 3 heterocycles. The molecule has 120 valence electrons. The highest BCUT2D eigenvalue weighted by Gasteiger charge is 2.19. The number of hydrogen-bond donors (Lipinski definition) is 1. The highest BCUT2D eigenvalue weighted by Crippen LogP contribution is 2.21. The molecule has 1 saturated heterocycles.